The van der Waals surface area contributed by atoms with Gasteiger partial charge in [-0.25, -0.2) is 4.57 Å². The van der Waals surface area contributed by atoms with E-state index in [9.17, 15) is 4.57 Å². The number of aliphatic hydroxyl groups excluding tert-OH is 1. The molecule has 0 spiro atoms. The molecule has 3 atom stereocenters. The van der Waals surface area contributed by atoms with Gasteiger partial charge in [-0.05, 0) is 6.42 Å². The molecule has 5 nitrogen and oxygen atoms in total. The number of aliphatic hydroxyl groups is 1. The molecule has 0 amide bonds. The molecule has 2 fully saturated rings. The van der Waals surface area contributed by atoms with E-state index in [4.69, 9.17) is 18.7 Å². The summed E-state index contributed by atoms with van der Waals surface area (Å²) in [6.45, 7) is 0.654. The van der Waals surface area contributed by atoms with Gasteiger partial charge in [-0.2, -0.15) is 0 Å². The predicted molar refractivity (Wildman–Crippen MR) is 39.6 cm³/mol. The van der Waals surface area contributed by atoms with Crippen molar-refractivity contribution in [3.63, 3.8) is 0 Å². The Morgan fingerprint density at radius 1 is 1.50 bits per heavy atom. The summed E-state index contributed by atoms with van der Waals surface area (Å²) in [5, 5.41) is 8.90. The normalized spacial score (nSPS) is 47.4. The molecule has 1 N–H and O–H groups in total. The first-order valence-electron chi connectivity index (χ1n) is 3.92. The molecule has 0 aromatic rings. The first kappa shape index (κ1) is 8.66. The Balaban J connectivity index is 2.10. The van der Waals surface area contributed by atoms with Crippen molar-refractivity contribution in [2.75, 3.05) is 19.8 Å². The zero-order valence-corrected chi connectivity index (χ0v) is 7.40. The minimum atomic E-state index is -3.23. The molecule has 2 aliphatic rings. The van der Waals surface area contributed by atoms with Crippen LogP contribution in [0.4, 0.5) is 0 Å². The highest BCUT2D eigenvalue weighted by Crippen LogP contribution is 2.57. The monoisotopic (exact) mass is 194 g/mol. The highest BCUT2D eigenvalue weighted by Gasteiger charge is 2.43. The van der Waals surface area contributed by atoms with Crippen LogP contribution in [0, 0.1) is 5.92 Å². The van der Waals surface area contributed by atoms with Crippen LogP contribution in [0.15, 0.2) is 0 Å². The van der Waals surface area contributed by atoms with Crippen LogP contribution in [0.25, 0.3) is 0 Å². The third-order valence-electron chi connectivity index (χ3n) is 2.12. The Bertz CT molecular complexity index is 218. The molecule has 0 radical (unpaired) electrons. The second-order valence-corrected chi connectivity index (χ2v) is 4.57. The van der Waals surface area contributed by atoms with Crippen LogP contribution < -0.4 is 0 Å². The lowest BCUT2D eigenvalue weighted by molar-refractivity contribution is -0.0647. The van der Waals surface area contributed by atoms with Crippen molar-refractivity contribution in [3.8, 4) is 0 Å². The van der Waals surface area contributed by atoms with Gasteiger partial charge in [0.05, 0.1) is 25.9 Å². The standard InChI is InChI=1S/C6H11O5P/c7-3-5-4-10-12(8)9-2-1-6(5)11-12/h5-7H,1-4H2. The van der Waals surface area contributed by atoms with Gasteiger partial charge in [0.25, 0.3) is 0 Å². The van der Waals surface area contributed by atoms with Gasteiger partial charge in [-0.1, -0.05) is 0 Å². The van der Waals surface area contributed by atoms with Crippen molar-refractivity contribution < 1.29 is 23.2 Å². The molecule has 2 bridgehead atoms. The minimum absolute atomic E-state index is 0.00463. The summed E-state index contributed by atoms with van der Waals surface area (Å²) < 4.78 is 26.2. The number of hydrogen-bond acceptors (Lipinski definition) is 5. The summed E-state index contributed by atoms with van der Waals surface area (Å²) in [7, 11) is -3.23. The number of hydrogen-bond donors (Lipinski definition) is 1. The van der Waals surface area contributed by atoms with Gasteiger partial charge in [0.15, 0.2) is 0 Å². The van der Waals surface area contributed by atoms with Gasteiger partial charge in [-0.3, -0.25) is 13.6 Å². The summed E-state index contributed by atoms with van der Waals surface area (Å²) in [6.07, 6.45) is 0.516. The lowest BCUT2D eigenvalue weighted by atomic mass is 10.0. The van der Waals surface area contributed by atoms with Crippen molar-refractivity contribution in [1.29, 1.82) is 0 Å². The molecule has 2 aliphatic heterocycles. The van der Waals surface area contributed by atoms with E-state index in [-0.39, 0.29) is 25.2 Å². The van der Waals surface area contributed by atoms with Gasteiger partial charge < -0.3 is 5.11 Å². The molecule has 0 aromatic heterocycles. The smallest absolute Gasteiger partial charge is 0.396 e. The van der Waals surface area contributed by atoms with Crippen LogP contribution in [-0.2, 0) is 18.1 Å². The van der Waals surface area contributed by atoms with Crippen molar-refractivity contribution in [3.05, 3.63) is 0 Å². The Morgan fingerprint density at radius 2 is 2.33 bits per heavy atom. The van der Waals surface area contributed by atoms with Crippen molar-refractivity contribution in [2.24, 2.45) is 5.92 Å². The predicted octanol–water partition coefficient (Wildman–Crippen LogP) is 0.539. The first-order chi connectivity index (χ1) is 5.73. The van der Waals surface area contributed by atoms with E-state index >= 15 is 0 Å². The molecule has 70 valence electrons. The van der Waals surface area contributed by atoms with Crippen LogP contribution in [0.2, 0.25) is 0 Å². The summed E-state index contributed by atoms with van der Waals surface area (Å²) in [5.74, 6) is -0.0593. The SMILES string of the molecule is O=P12OCCC(O1)C(CO)CO2. The van der Waals surface area contributed by atoms with E-state index in [1.165, 1.54) is 0 Å². The number of fused-ring (bicyclic) bond motifs is 2. The van der Waals surface area contributed by atoms with E-state index in [1.54, 1.807) is 0 Å². The molecule has 12 heavy (non-hydrogen) atoms. The van der Waals surface area contributed by atoms with E-state index in [2.05, 4.69) is 0 Å². The molecule has 2 rings (SSSR count). The molecule has 0 aromatic carbocycles. The van der Waals surface area contributed by atoms with Gasteiger partial charge in [0.2, 0.25) is 0 Å². The Kier molecular flexibility index (Phi) is 2.23. The third-order valence-corrected chi connectivity index (χ3v) is 3.62. The number of rotatable bonds is 1. The second-order valence-electron chi connectivity index (χ2n) is 2.95. The first-order valence-corrected chi connectivity index (χ1v) is 5.38. The Labute approximate surface area is 70.2 Å². The summed E-state index contributed by atoms with van der Waals surface area (Å²) in [5.41, 5.74) is 0. The zero-order valence-electron chi connectivity index (χ0n) is 6.51. The van der Waals surface area contributed by atoms with Crippen molar-refractivity contribution in [2.45, 2.75) is 12.5 Å². The molecule has 0 saturated carbocycles. The summed E-state index contributed by atoms with van der Waals surface area (Å²) in [6, 6.07) is 0. The molecular weight excluding hydrogens is 183 g/mol. The largest absolute Gasteiger partial charge is 0.475 e. The molecule has 6 heteroatoms. The Hall–Kier alpha value is 0.0700. The zero-order chi connectivity index (χ0) is 8.60. The molecule has 2 saturated heterocycles. The maximum Gasteiger partial charge on any atom is 0.475 e. The highest BCUT2D eigenvalue weighted by atomic mass is 31.2. The lowest BCUT2D eigenvalue weighted by Crippen LogP contribution is -2.38. The van der Waals surface area contributed by atoms with Crippen LogP contribution >= 0.6 is 7.82 Å². The average Bonchev–Trinajstić information content (AvgIpc) is 2.04. The number of phosphoric ester groups is 1. The average molecular weight is 194 g/mol. The maximum absolute atomic E-state index is 11.4. The number of phosphoric acid groups is 1. The topological polar surface area (TPSA) is 65.0 Å². The molecule has 3 unspecified atom stereocenters. The van der Waals surface area contributed by atoms with E-state index in [1.807, 2.05) is 0 Å². The van der Waals surface area contributed by atoms with E-state index in [0.717, 1.165) is 0 Å². The fraction of sp³-hybridized carbons (Fsp3) is 1.00. The second kappa shape index (κ2) is 3.09. The fourth-order valence-corrected chi connectivity index (χ4v) is 2.89. The van der Waals surface area contributed by atoms with Crippen LogP contribution in [0.5, 0.6) is 0 Å². The van der Waals surface area contributed by atoms with E-state index < -0.39 is 7.82 Å². The molecule has 0 aliphatic carbocycles. The fourth-order valence-electron chi connectivity index (χ4n) is 1.38. The van der Waals surface area contributed by atoms with E-state index in [0.29, 0.717) is 13.0 Å². The van der Waals surface area contributed by atoms with Gasteiger partial charge >= 0.3 is 7.82 Å². The van der Waals surface area contributed by atoms with Crippen molar-refractivity contribution in [1.82, 2.24) is 0 Å². The minimum Gasteiger partial charge on any atom is -0.396 e. The highest BCUT2D eigenvalue weighted by molar-refractivity contribution is 7.48. The van der Waals surface area contributed by atoms with Gasteiger partial charge in [-0.15, -0.1) is 0 Å². The summed E-state index contributed by atoms with van der Waals surface area (Å²) in [4.78, 5) is 0. The van der Waals surface area contributed by atoms with Crippen molar-refractivity contribution >= 4 is 7.82 Å². The summed E-state index contributed by atoms with van der Waals surface area (Å²) >= 11 is 0. The van der Waals surface area contributed by atoms with Crippen LogP contribution in [0.3, 0.4) is 0 Å². The quantitative estimate of drug-likeness (QED) is 0.617. The maximum atomic E-state index is 11.4. The third kappa shape index (κ3) is 1.43. The Morgan fingerprint density at radius 3 is 3.08 bits per heavy atom. The van der Waals surface area contributed by atoms with Gasteiger partial charge in [0, 0.05) is 5.92 Å². The van der Waals surface area contributed by atoms with Gasteiger partial charge in [0.1, 0.15) is 0 Å². The lowest BCUT2D eigenvalue weighted by Gasteiger charge is -2.37. The molecular formula is C6H11O5P. The van der Waals surface area contributed by atoms with Crippen LogP contribution in [-0.4, -0.2) is 31.0 Å². The molecule has 2 heterocycles. The van der Waals surface area contributed by atoms with Crippen LogP contribution in [0.1, 0.15) is 6.42 Å².